The number of nitrogens with one attached hydrogen (secondary N) is 1. The second kappa shape index (κ2) is 6.70. The normalized spacial score (nSPS) is 11.2. The van der Waals surface area contributed by atoms with Crippen LogP contribution in [0.3, 0.4) is 0 Å². The molecule has 0 atom stereocenters. The standard InChI is InChI=1S/C14H9ClF3NO4S/c1-23-14(20)9-4-7(15)5-11(13(9)18)19-24(21,22)12-6-8(16)2-3-10(12)17/h2-6,19H,1H3. The third-order valence-corrected chi connectivity index (χ3v) is 4.47. The maximum absolute atomic E-state index is 14.3. The highest BCUT2D eigenvalue weighted by Gasteiger charge is 2.24. The Morgan fingerprint density at radius 2 is 1.83 bits per heavy atom. The molecule has 128 valence electrons. The van der Waals surface area contributed by atoms with Crippen LogP contribution < -0.4 is 4.72 Å². The van der Waals surface area contributed by atoms with E-state index in [9.17, 15) is 26.4 Å². The maximum atomic E-state index is 14.3. The van der Waals surface area contributed by atoms with Gasteiger partial charge in [-0.1, -0.05) is 11.6 Å². The van der Waals surface area contributed by atoms with Crippen LogP contribution in [-0.4, -0.2) is 21.5 Å². The molecule has 24 heavy (non-hydrogen) atoms. The predicted octanol–water partition coefficient (Wildman–Crippen LogP) is 3.34. The summed E-state index contributed by atoms with van der Waals surface area (Å²) in [6, 6.07) is 3.57. The van der Waals surface area contributed by atoms with Gasteiger partial charge in [-0.25, -0.2) is 26.4 Å². The van der Waals surface area contributed by atoms with Gasteiger partial charge in [-0.3, -0.25) is 4.72 Å². The van der Waals surface area contributed by atoms with Crippen molar-refractivity contribution in [2.75, 3.05) is 11.8 Å². The highest BCUT2D eigenvalue weighted by molar-refractivity contribution is 7.92. The highest BCUT2D eigenvalue weighted by atomic mass is 35.5. The molecule has 0 unspecified atom stereocenters. The Hall–Kier alpha value is -2.26. The number of esters is 1. The summed E-state index contributed by atoms with van der Waals surface area (Å²) in [5.41, 5.74) is -1.34. The summed E-state index contributed by atoms with van der Waals surface area (Å²) in [6.07, 6.45) is 0. The molecule has 2 aromatic carbocycles. The average Bonchev–Trinajstić information content (AvgIpc) is 2.51. The predicted molar refractivity (Wildman–Crippen MR) is 79.9 cm³/mol. The molecule has 2 rings (SSSR count). The summed E-state index contributed by atoms with van der Waals surface area (Å²) in [4.78, 5) is 10.4. The van der Waals surface area contributed by atoms with Gasteiger partial charge >= 0.3 is 5.97 Å². The van der Waals surface area contributed by atoms with Gasteiger partial charge in [0.25, 0.3) is 10.0 Å². The van der Waals surface area contributed by atoms with Crippen molar-refractivity contribution >= 4 is 33.3 Å². The molecule has 0 amide bonds. The Morgan fingerprint density at radius 3 is 2.46 bits per heavy atom. The first-order valence-corrected chi connectivity index (χ1v) is 8.07. The summed E-state index contributed by atoms with van der Waals surface area (Å²) in [6.45, 7) is 0. The Bertz CT molecular complexity index is 918. The minimum atomic E-state index is -4.67. The third-order valence-electron chi connectivity index (χ3n) is 2.87. The van der Waals surface area contributed by atoms with Crippen molar-refractivity contribution in [1.82, 2.24) is 0 Å². The van der Waals surface area contributed by atoms with E-state index in [-0.39, 0.29) is 5.02 Å². The Balaban J connectivity index is 2.52. The van der Waals surface area contributed by atoms with Gasteiger partial charge in [0.05, 0.1) is 18.4 Å². The van der Waals surface area contributed by atoms with Crippen molar-refractivity contribution < 1.29 is 31.1 Å². The van der Waals surface area contributed by atoms with E-state index in [4.69, 9.17) is 11.6 Å². The van der Waals surface area contributed by atoms with E-state index in [1.807, 2.05) is 0 Å². The fourth-order valence-electron chi connectivity index (χ4n) is 1.80. The molecule has 0 radical (unpaired) electrons. The van der Waals surface area contributed by atoms with E-state index < -0.39 is 49.6 Å². The SMILES string of the molecule is COC(=O)c1cc(Cl)cc(NS(=O)(=O)c2cc(F)ccc2F)c1F. The van der Waals surface area contributed by atoms with Gasteiger partial charge < -0.3 is 4.74 Å². The zero-order valence-corrected chi connectivity index (χ0v) is 13.5. The lowest BCUT2D eigenvalue weighted by Crippen LogP contribution is -2.17. The lowest BCUT2D eigenvalue weighted by atomic mass is 10.2. The van der Waals surface area contributed by atoms with Gasteiger partial charge in [-0.05, 0) is 30.3 Å². The second-order valence-electron chi connectivity index (χ2n) is 4.49. The lowest BCUT2D eigenvalue weighted by Gasteiger charge is -2.12. The number of anilines is 1. The number of halogens is 4. The van der Waals surface area contributed by atoms with Crippen molar-refractivity contribution in [3.8, 4) is 0 Å². The van der Waals surface area contributed by atoms with Gasteiger partial charge in [0.15, 0.2) is 5.82 Å². The van der Waals surface area contributed by atoms with Crippen molar-refractivity contribution in [2.45, 2.75) is 4.90 Å². The molecule has 0 aliphatic heterocycles. The molecule has 0 saturated carbocycles. The molecule has 0 spiro atoms. The van der Waals surface area contributed by atoms with Crippen LogP contribution >= 0.6 is 11.6 Å². The fourth-order valence-corrected chi connectivity index (χ4v) is 3.16. The van der Waals surface area contributed by atoms with E-state index in [2.05, 4.69) is 4.74 Å². The van der Waals surface area contributed by atoms with Crippen LogP contribution in [0, 0.1) is 17.5 Å². The topological polar surface area (TPSA) is 72.5 Å². The van der Waals surface area contributed by atoms with E-state index >= 15 is 0 Å². The number of hydrogen-bond donors (Lipinski definition) is 1. The molecule has 0 aliphatic rings. The second-order valence-corrected chi connectivity index (χ2v) is 6.57. The molecule has 0 fully saturated rings. The van der Waals surface area contributed by atoms with Crippen LogP contribution in [0.4, 0.5) is 18.9 Å². The van der Waals surface area contributed by atoms with E-state index in [0.717, 1.165) is 25.3 Å². The number of benzene rings is 2. The number of methoxy groups -OCH3 is 1. The minimum absolute atomic E-state index is 0.172. The van der Waals surface area contributed by atoms with Gasteiger partial charge in [0.2, 0.25) is 0 Å². The molecule has 10 heteroatoms. The number of carbonyl (C=O) groups is 1. The molecular formula is C14H9ClF3NO4S. The van der Waals surface area contributed by atoms with Crippen LogP contribution in [0.25, 0.3) is 0 Å². The van der Waals surface area contributed by atoms with E-state index in [1.54, 1.807) is 4.72 Å². The number of rotatable bonds is 4. The van der Waals surface area contributed by atoms with Crippen molar-refractivity contribution in [3.05, 3.63) is 58.4 Å². The third kappa shape index (κ3) is 3.62. The summed E-state index contributed by atoms with van der Waals surface area (Å²) in [7, 11) is -3.68. The first-order valence-electron chi connectivity index (χ1n) is 6.21. The molecule has 0 bridgehead atoms. The largest absolute Gasteiger partial charge is 0.465 e. The number of carbonyl (C=O) groups excluding carboxylic acids is 1. The van der Waals surface area contributed by atoms with E-state index in [1.165, 1.54) is 0 Å². The Kier molecular flexibility index (Phi) is 5.05. The summed E-state index contributed by atoms with van der Waals surface area (Å²) in [5.74, 6) is -4.60. The molecule has 1 N–H and O–H groups in total. The van der Waals surface area contributed by atoms with E-state index in [0.29, 0.717) is 12.1 Å². The minimum Gasteiger partial charge on any atom is -0.465 e. The zero-order valence-electron chi connectivity index (χ0n) is 11.9. The summed E-state index contributed by atoms with van der Waals surface area (Å²) >= 11 is 5.71. The van der Waals surface area contributed by atoms with Crippen molar-refractivity contribution in [3.63, 3.8) is 0 Å². The monoisotopic (exact) mass is 379 g/mol. The molecule has 2 aromatic rings. The lowest BCUT2D eigenvalue weighted by molar-refractivity contribution is 0.0595. The number of hydrogen-bond acceptors (Lipinski definition) is 4. The molecule has 0 heterocycles. The molecule has 5 nitrogen and oxygen atoms in total. The van der Waals surface area contributed by atoms with Gasteiger partial charge in [0, 0.05) is 5.02 Å². The number of ether oxygens (including phenoxy) is 1. The molecular weight excluding hydrogens is 371 g/mol. The first-order chi connectivity index (χ1) is 11.2. The van der Waals surface area contributed by atoms with Crippen molar-refractivity contribution in [1.29, 1.82) is 0 Å². The van der Waals surface area contributed by atoms with Crippen LogP contribution in [-0.2, 0) is 14.8 Å². The fraction of sp³-hybridized carbons (Fsp3) is 0.0714. The molecule has 0 aliphatic carbocycles. The smallest absolute Gasteiger partial charge is 0.340 e. The first kappa shape index (κ1) is 18.1. The molecule has 0 aromatic heterocycles. The van der Waals surface area contributed by atoms with Crippen LogP contribution in [0.15, 0.2) is 35.2 Å². The average molecular weight is 380 g/mol. The van der Waals surface area contributed by atoms with Crippen LogP contribution in [0.2, 0.25) is 5.02 Å². The summed E-state index contributed by atoms with van der Waals surface area (Å²) in [5, 5.41) is -0.172. The van der Waals surface area contributed by atoms with Crippen LogP contribution in [0.5, 0.6) is 0 Å². The maximum Gasteiger partial charge on any atom is 0.340 e. The van der Waals surface area contributed by atoms with Gasteiger partial charge in [0.1, 0.15) is 16.5 Å². The summed E-state index contributed by atoms with van der Waals surface area (Å²) < 4.78 is 71.4. The quantitative estimate of drug-likeness (QED) is 0.827. The Morgan fingerprint density at radius 1 is 1.17 bits per heavy atom. The van der Waals surface area contributed by atoms with Gasteiger partial charge in [-0.15, -0.1) is 0 Å². The zero-order chi connectivity index (χ0) is 18.1. The highest BCUT2D eigenvalue weighted by Crippen LogP contribution is 2.27. The van der Waals surface area contributed by atoms with Gasteiger partial charge in [-0.2, -0.15) is 0 Å². The van der Waals surface area contributed by atoms with Crippen molar-refractivity contribution in [2.24, 2.45) is 0 Å². The van der Waals surface area contributed by atoms with Crippen LogP contribution in [0.1, 0.15) is 10.4 Å². The Labute approximate surface area is 140 Å². The number of sulfonamides is 1. The molecule has 0 saturated heterocycles.